The average molecular weight is 464 g/mol. The molecule has 7 nitrogen and oxygen atoms in total. The van der Waals surface area contributed by atoms with Gasteiger partial charge in [0.2, 0.25) is 5.91 Å². The minimum atomic E-state index is -0.358. The Morgan fingerprint density at radius 2 is 2.03 bits per heavy atom. The monoisotopic (exact) mass is 463 g/mol. The van der Waals surface area contributed by atoms with Crippen molar-refractivity contribution in [2.45, 2.75) is 30.4 Å². The number of fused-ring (bicyclic) bond motifs is 2. The lowest BCUT2D eigenvalue weighted by molar-refractivity contribution is -0.113. The third-order valence-corrected chi connectivity index (χ3v) is 7.05. The van der Waals surface area contributed by atoms with Crippen molar-refractivity contribution in [3.05, 3.63) is 60.2 Å². The van der Waals surface area contributed by atoms with E-state index in [1.807, 2.05) is 48.5 Å². The summed E-state index contributed by atoms with van der Waals surface area (Å²) in [6, 6.07) is 17.3. The molecule has 1 atom stereocenters. The topological polar surface area (TPSA) is 90.9 Å². The van der Waals surface area contributed by atoms with Crippen molar-refractivity contribution in [1.29, 1.82) is 0 Å². The number of cyclic esters (lactones) is 1. The second-order valence-electron chi connectivity index (χ2n) is 8.24. The Morgan fingerprint density at radius 3 is 2.94 bits per heavy atom. The molecule has 5 rings (SSSR count). The van der Waals surface area contributed by atoms with Crippen molar-refractivity contribution in [2.24, 2.45) is 0 Å². The van der Waals surface area contributed by atoms with Gasteiger partial charge in [-0.2, -0.15) is 0 Å². The molecule has 3 aromatic rings. The molecule has 2 amide bonds. The van der Waals surface area contributed by atoms with Crippen LogP contribution in [0.15, 0.2) is 59.5 Å². The van der Waals surface area contributed by atoms with Gasteiger partial charge in [-0.05, 0) is 54.4 Å². The molecular formula is C25H25N3O4S. The Kier molecular flexibility index (Phi) is 6.11. The summed E-state index contributed by atoms with van der Waals surface area (Å²) in [4.78, 5) is 26.7. The molecule has 3 N–H and O–H groups in total. The molecule has 0 unspecified atom stereocenters. The van der Waals surface area contributed by atoms with E-state index in [0.29, 0.717) is 24.6 Å². The minimum absolute atomic E-state index is 0.0316. The summed E-state index contributed by atoms with van der Waals surface area (Å²) < 4.78 is 5.56. The highest BCUT2D eigenvalue weighted by molar-refractivity contribution is 8.00. The van der Waals surface area contributed by atoms with Gasteiger partial charge >= 0.3 is 6.09 Å². The number of thioether (sulfide) groups is 1. The molecule has 2 aliphatic heterocycles. The van der Waals surface area contributed by atoms with Crippen LogP contribution in [0.3, 0.4) is 0 Å². The lowest BCUT2D eigenvalue weighted by Crippen LogP contribution is -2.25. The van der Waals surface area contributed by atoms with E-state index in [9.17, 15) is 14.7 Å². The summed E-state index contributed by atoms with van der Waals surface area (Å²) in [6.45, 7) is 1.81. The van der Waals surface area contributed by atoms with Crippen LogP contribution in [0.2, 0.25) is 0 Å². The normalized spacial score (nSPS) is 17.7. The lowest BCUT2D eigenvalue weighted by atomic mass is 10.0. The Bertz CT molecular complexity index is 1220. The van der Waals surface area contributed by atoms with Crippen molar-refractivity contribution < 1.29 is 19.4 Å². The molecule has 0 saturated carbocycles. The quantitative estimate of drug-likeness (QED) is 0.448. The molecule has 0 bridgehead atoms. The molecule has 0 aromatic heterocycles. The Morgan fingerprint density at radius 1 is 1.15 bits per heavy atom. The molecular weight excluding hydrogens is 438 g/mol. The number of ether oxygens (including phenoxy) is 1. The first-order chi connectivity index (χ1) is 16.1. The van der Waals surface area contributed by atoms with Crippen molar-refractivity contribution >= 4 is 45.9 Å². The third kappa shape index (κ3) is 4.62. The fourth-order valence-electron chi connectivity index (χ4n) is 4.30. The average Bonchev–Trinajstić information content (AvgIpc) is 3.20. The van der Waals surface area contributed by atoms with Crippen LogP contribution in [0.4, 0.5) is 16.2 Å². The maximum absolute atomic E-state index is 12.4. The smallest absolute Gasteiger partial charge is 0.414 e. The highest BCUT2D eigenvalue weighted by Crippen LogP contribution is 2.35. The van der Waals surface area contributed by atoms with E-state index < -0.39 is 0 Å². The first-order valence-electron chi connectivity index (χ1n) is 11.0. The second kappa shape index (κ2) is 9.33. The molecule has 170 valence electrons. The van der Waals surface area contributed by atoms with Gasteiger partial charge in [0.1, 0.15) is 11.9 Å². The van der Waals surface area contributed by atoms with Crippen LogP contribution < -0.4 is 15.5 Å². The number of hydrogen-bond donors (Lipinski definition) is 3. The van der Waals surface area contributed by atoms with Gasteiger partial charge in [-0.15, -0.1) is 11.8 Å². The van der Waals surface area contributed by atoms with E-state index >= 15 is 0 Å². The first kappa shape index (κ1) is 21.6. The number of phenolic OH excluding ortho intramolecular Hbond substituents is 1. The van der Waals surface area contributed by atoms with Gasteiger partial charge in [0.15, 0.2) is 0 Å². The second-order valence-corrected chi connectivity index (χ2v) is 9.25. The van der Waals surface area contributed by atoms with E-state index in [2.05, 4.69) is 10.6 Å². The molecule has 33 heavy (non-hydrogen) atoms. The molecule has 1 fully saturated rings. The predicted octanol–water partition coefficient (Wildman–Crippen LogP) is 4.48. The summed E-state index contributed by atoms with van der Waals surface area (Å²) in [6.07, 6.45) is 1.05. The number of carbonyl (C=O) groups excluding carboxylic acids is 2. The number of rotatable bonds is 7. The SMILES string of the molecule is O=C1CSc2ccc(N3C[C@@H](CCCNCc4c(O)ccc5ccccc45)OC3=O)cc2N1. The Labute approximate surface area is 196 Å². The van der Waals surface area contributed by atoms with Crippen LogP contribution in [-0.2, 0) is 16.1 Å². The number of nitrogens with one attached hydrogen (secondary N) is 2. The summed E-state index contributed by atoms with van der Waals surface area (Å²) in [5.74, 6) is 0.672. The maximum Gasteiger partial charge on any atom is 0.414 e. The molecule has 0 radical (unpaired) electrons. The molecule has 0 spiro atoms. The fourth-order valence-corrected chi connectivity index (χ4v) is 5.09. The van der Waals surface area contributed by atoms with Crippen molar-refractivity contribution in [3.8, 4) is 5.75 Å². The van der Waals surface area contributed by atoms with E-state index in [1.54, 1.807) is 11.0 Å². The van der Waals surface area contributed by atoms with Crippen LogP contribution in [-0.4, -0.2) is 42.1 Å². The molecule has 3 aromatic carbocycles. The van der Waals surface area contributed by atoms with Crippen LogP contribution in [0.25, 0.3) is 10.8 Å². The van der Waals surface area contributed by atoms with Gasteiger partial charge in [-0.25, -0.2) is 4.79 Å². The molecule has 0 aliphatic carbocycles. The number of aromatic hydroxyl groups is 1. The number of amides is 2. The standard InChI is InChI=1S/C25H25N3O4S/c29-22-9-7-16-4-1-2-6-19(16)20(22)13-26-11-3-5-18-14-28(25(31)32-18)17-8-10-23-21(12-17)27-24(30)15-33-23/h1-2,4,6-10,12,18,26,29H,3,5,11,13-15H2,(H,27,30)/t18-/m1/s1. The first-order valence-corrected chi connectivity index (χ1v) is 12.0. The zero-order valence-electron chi connectivity index (χ0n) is 18.0. The van der Waals surface area contributed by atoms with Crippen molar-refractivity contribution in [1.82, 2.24) is 5.32 Å². The van der Waals surface area contributed by atoms with Gasteiger partial charge < -0.3 is 20.5 Å². The van der Waals surface area contributed by atoms with Gasteiger partial charge in [0.05, 0.1) is 18.0 Å². The predicted molar refractivity (Wildman–Crippen MR) is 130 cm³/mol. The number of phenols is 1. The highest BCUT2D eigenvalue weighted by Gasteiger charge is 2.32. The lowest BCUT2D eigenvalue weighted by Gasteiger charge is -2.20. The van der Waals surface area contributed by atoms with Crippen LogP contribution in [0.5, 0.6) is 5.75 Å². The number of carbonyl (C=O) groups is 2. The van der Waals surface area contributed by atoms with Crippen LogP contribution in [0, 0.1) is 0 Å². The molecule has 2 heterocycles. The zero-order valence-corrected chi connectivity index (χ0v) is 18.9. The number of hydrogen-bond acceptors (Lipinski definition) is 6. The van der Waals surface area contributed by atoms with Crippen molar-refractivity contribution in [2.75, 3.05) is 29.1 Å². The number of anilines is 2. The number of nitrogens with zero attached hydrogens (tertiary/aromatic N) is 1. The molecule has 8 heteroatoms. The fraction of sp³-hybridized carbons (Fsp3) is 0.280. The highest BCUT2D eigenvalue weighted by atomic mass is 32.2. The van der Waals surface area contributed by atoms with Gasteiger partial charge in [-0.3, -0.25) is 9.69 Å². The molecule has 2 aliphatic rings. The minimum Gasteiger partial charge on any atom is -0.508 e. The summed E-state index contributed by atoms with van der Waals surface area (Å²) in [5, 5.41) is 18.7. The van der Waals surface area contributed by atoms with E-state index in [1.165, 1.54) is 11.8 Å². The number of benzene rings is 3. The Hall–Kier alpha value is -3.23. The van der Waals surface area contributed by atoms with E-state index in [0.717, 1.165) is 52.0 Å². The summed E-state index contributed by atoms with van der Waals surface area (Å²) >= 11 is 1.50. The summed E-state index contributed by atoms with van der Waals surface area (Å²) in [5.41, 5.74) is 2.36. The maximum atomic E-state index is 12.4. The van der Waals surface area contributed by atoms with Gasteiger partial charge in [0, 0.05) is 22.7 Å². The van der Waals surface area contributed by atoms with Crippen molar-refractivity contribution in [3.63, 3.8) is 0 Å². The molecule has 1 saturated heterocycles. The Balaban J connectivity index is 1.13. The van der Waals surface area contributed by atoms with E-state index in [-0.39, 0.29) is 18.1 Å². The third-order valence-electron chi connectivity index (χ3n) is 5.98. The largest absolute Gasteiger partial charge is 0.508 e. The van der Waals surface area contributed by atoms with Gasteiger partial charge in [0.25, 0.3) is 0 Å². The zero-order chi connectivity index (χ0) is 22.8. The van der Waals surface area contributed by atoms with E-state index in [4.69, 9.17) is 4.74 Å². The van der Waals surface area contributed by atoms with Gasteiger partial charge in [-0.1, -0.05) is 30.3 Å². The summed E-state index contributed by atoms with van der Waals surface area (Å²) in [7, 11) is 0. The van der Waals surface area contributed by atoms with Crippen LogP contribution in [0.1, 0.15) is 18.4 Å². The van der Waals surface area contributed by atoms with Crippen LogP contribution >= 0.6 is 11.8 Å².